The van der Waals surface area contributed by atoms with Crippen LogP contribution in [0.25, 0.3) is 22.3 Å². The van der Waals surface area contributed by atoms with Gasteiger partial charge in [0.2, 0.25) is 0 Å². The molecule has 4 heterocycles. The Morgan fingerprint density at radius 3 is 1.48 bits per heavy atom. The van der Waals surface area contributed by atoms with Crippen molar-refractivity contribution >= 4 is 68.6 Å². The summed E-state index contributed by atoms with van der Waals surface area (Å²) in [6.45, 7) is 41.7. The van der Waals surface area contributed by atoms with Gasteiger partial charge < -0.3 is 14.7 Å². The van der Waals surface area contributed by atoms with Crippen molar-refractivity contribution in [2.45, 2.75) is 187 Å². The van der Waals surface area contributed by atoms with Crippen LogP contribution in [0.5, 0.6) is 0 Å². The second-order valence-electron chi connectivity index (χ2n) is 32.5. The SMILES string of the molecule is CC(C)(C)c1ccc(N2c3ccc4cc3B3c5cc6c(cc5N(c5ccc(C(C)(C)C)cc5-c5ccccc5)c5cc(C(C)(C)C)cc2c53)C(C)(C)CCC6(C)c2cc3c(cc2C(C)(C)C)C2(C)CCc5ccccc5C2(C)N43)c(-c2ccccc2)c1. The number of hydrogen-bond donors (Lipinski definition) is 0. The highest BCUT2D eigenvalue weighted by molar-refractivity contribution is 7.00. The highest BCUT2D eigenvalue weighted by Gasteiger charge is 2.61. The van der Waals surface area contributed by atoms with E-state index in [1.165, 1.54) is 140 Å². The fourth-order valence-corrected chi connectivity index (χ4v) is 17.2. The van der Waals surface area contributed by atoms with Crippen LogP contribution in [0.2, 0.25) is 0 Å². The van der Waals surface area contributed by atoms with Crippen molar-refractivity contribution in [1.29, 1.82) is 0 Å². The molecular formula is C83H88BN3. The molecule has 0 saturated carbocycles. The molecule has 3 nitrogen and oxygen atoms in total. The van der Waals surface area contributed by atoms with E-state index in [1.54, 1.807) is 0 Å². The molecule has 3 atom stereocenters. The molecule has 87 heavy (non-hydrogen) atoms. The summed E-state index contributed by atoms with van der Waals surface area (Å²) in [7, 11) is 0. The smallest absolute Gasteiger partial charge is 0.252 e. The van der Waals surface area contributed by atoms with Crippen molar-refractivity contribution in [1.82, 2.24) is 0 Å². The van der Waals surface area contributed by atoms with Crippen LogP contribution in [-0.4, -0.2) is 6.71 Å². The normalized spacial score (nSPS) is 21.1. The third kappa shape index (κ3) is 7.93. The van der Waals surface area contributed by atoms with Crippen molar-refractivity contribution in [2.24, 2.45) is 0 Å². The number of rotatable bonds is 4. The molecule has 0 radical (unpaired) electrons. The lowest BCUT2D eigenvalue weighted by Crippen LogP contribution is -2.62. The third-order valence-corrected chi connectivity index (χ3v) is 22.6. The summed E-state index contributed by atoms with van der Waals surface area (Å²) < 4.78 is 0. The van der Waals surface area contributed by atoms with Crippen molar-refractivity contribution in [2.75, 3.05) is 14.7 Å². The second kappa shape index (κ2) is 18.3. The summed E-state index contributed by atoms with van der Waals surface area (Å²) in [5.74, 6) is 0. The molecule has 9 aromatic rings. The lowest BCUT2D eigenvalue weighted by molar-refractivity contribution is 0.245. The van der Waals surface area contributed by atoms with E-state index in [1.807, 2.05) is 0 Å². The Bertz CT molecular complexity index is 4370. The molecular weight excluding hydrogens is 1050 g/mol. The average Bonchev–Trinajstić information content (AvgIpc) is 1.64. The van der Waals surface area contributed by atoms with Gasteiger partial charge in [-0.15, -0.1) is 0 Å². The molecule has 0 saturated heterocycles. The lowest BCUT2D eigenvalue weighted by atomic mass is 9.33. The number of hydrogen-bond acceptors (Lipinski definition) is 3. The Balaban J connectivity index is 1.15. The topological polar surface area (TPSA) is 9.72 Å². The van der Waals surface area contributed by atoms with Gasteiger partial charge in [-0.05, 0) is 210 Å². The van der Waals surface area contributed by atoms with E-state index in [-0.39, 0.29) is 44.6 Å². The Kier molecular flexibility index (Phi) is 11.8. The van der Waals surface area contributed by atoms with Gasteiger partial charge in [0, 0.05) is 56.1 Å². The van der Waals surface area contributed by atoms with Crippen molar-refractivity contribution in [3.8, 4) is 22.3 Å². The minimum absolute atomic E-state index is 0.0640. The molecule has 4 heteroatoms. The van der Waals surface area contributed by atoms with Gasteiger partial charge in [0.1, 0.15) is 0 Å². The molecule has 0 spiro atoms. The van der Waals surface area contributed by atoms with Crippen LogP contribution < -0.4 is 31.1 Å². The Morgan fingerprint density at radius 1 is 0.379 bits per heavy atom. The first kappa shape index (κ1) is 56.0. The Labute approximate surface area is 521 Å². The van der Waals surface area contributed by atoms with E-state index in [0.29, 0.717) is 0 Å². The molecule has 9 aromatic carbocycles. The first-order valence-electron chi connectivity index (χ1n) is 32.6. The predicted octanol–water partition coefficient (Wildman–Crippen LogP) is 20.3. The fourth-order valence-electron chi connectivity index (χ4n) is 17.2. The number of nitrogens with zero attached hydrogens (tertiary/aromatic N) is 3. The van der Waals surface area contributed by atoms with Crippen LogP contribution in [0.1, 0.15) is 193 Å². The molecule has 4 aliphatic heterocycles. The van der Waals surface area contributed by atoms with E-state index >= 15 is 0 Å². The highest BCUT2D eigenvalue weighted by Crippen LogP contribution is 2.66. The zero-order valence-electron chi connectivity index (χ0n) is 55.0. The van der Waals surface area contributed by atoms with Crippen LogP contribution in [0.3, 0.4) is 0 Å². The maximum atomic E-state index is 2.87. The summed E-state index contributed by atoms with van der Waals surface area (Å²) in [5.41, 5.74) is 32.0. The summed E-state index contributed by atoms with van der Waals surface area (Å²) in [6.07, 6.45) is 4.26. The second-order valence-corrected chi connectivity index (χ2v) is 32.5. The number of fused-ring (bicyclic) bond motifs is 9. The molecule has 3 unspecified atom stereocenters. The van der Waals surface area contributed by atoms with E-state index in [4.69, 9.17) is 0 Å². The molecule has 6 aliphatic rings. The molecule has 0 aromatic heterocycles. The Morgan fingerprint density at radius 2 is 0.908 bits per heavy atom. The van der Waals surface area contributed by atoms with Gasteiger partial charge in [0.15, 0.2) is 0 Å². The molecule has 2 aliphatic carbocycles. The maximum absolute atomic E-state index is 2.87. The average molecular weight is 1140 g/mol. The lowest BCUT2D eigenvalue weighted by Gasteiger charge is -2.52. The quantitative estimate of drug-likeness (QED) is 0.163. The zero-order valence-corrected chi connectivity index (χ0v) is 55.0. The maximum Gasteiger partial charge on any atom is 0.252 e. The Hall–Kier alpha value is -7.56. The highest BCUT2D eigenvalue weighted by atomic mass is 15.3. The monoisotopic (exact) mass is 1140 g/mol. The van der Waals surface area contributed by atoms with E-state index in [0.717, 1.165) is 25.7 Å². The van der Waals surface area contributed by atoms with E-state index in [2.05, 4.69) is 308 Å². The molecule has 0 amide bonds. The summed E-state index contributed by atoms with van der Waals surface area (Å²) >= 11 is 0. The first-order chi connectivity index (χ1) is 41.0. The van der Waals surface area contributed by atoms with Crippen LogP contribution in [0.15, 0.2) is 176 Å². The van der Waals surface area contributed by atoms with Crippen molar-refractivity contribution in [3.05, 3.63) is 232 Å². The van der Waals surface area contributed by atoms with Crippen LogP contribution in [0, 0.1) is 0 Å². The molecule has 6 bridgehead atoms. The molecule has 438 valence electrons. The van der Waals surface area contributed by atoms with Crippen LogP contribution >= 0.6 is 0 Å². The number of anilines is 8. The zero-order chi connectivity index (χ0) is 61.1. The van der Waals surface area contributed by atoms with Gasteiger partial charge in [0.25, 0.3) is 6.71 Å². The summed E-state index contributed by atoms with van der Waals surface area (Å²) in [6, 6.07) is 70.7. The van der Waals surface area contributed by atoms with Crippen LogP contribution in [-0.2, 0) is 49.9 Å². The predicted molar refractivity (Wildman–Crippen MR) is 373 cm³/mol. The van der Waals surface area contributed by atoms with Gasteiger partial charge in [-0.3, -0.25) is 0 Å². The largest absolute Gasteiger partial charge is 0.330 e. The van der Waals surface area contributed by atoms with Gasteiger partial charge in [-0.1, -0.05) is 220 Å². The van der Waals surface area contributed by atoms with E-state index < -0.39 is 5.54 Å². The number of benzene rings is 9. The summed E-state index contributed by atoms with van der Waals surface area (Å²) in [4.78, 5) is 8.35. The van der Waals surface area contributed by atoms with Crippen molar-refractivity contribution < 1.29 is 0 Å². The third-order valence-electron chi connectivity index (χ3n) is 22.6. The number of aryl methyl sites for hydroxylation is 1. The molecule has 15 rings (SSSR count). The standard InChI is InChI=1S/C83H88BN3/c1-76(2,3)54-32-35-68(58(42-54)51-26-20-18-21-27-51)85-70-37-34-57-46-66(70)84-67-48-63-62(49-72(67)86(74-45-56(78(7,8)9)44-73(85)75(74)84)69-36-33-55(77(4,5)6)43-59(69)52-28-22-19-23-29-52)80(13,14)40-41-81(63,15)64-50-71-65(47-61(64)79(10,11)12)82(16)39-38-53-30-24-25-31-60(53)83(82,17)87(57)71/h18-37,42-50H,38-41H2,1-17H3. The summed E-state index contributed by atoms with van der Waals surface area (Å²) in [5, 5.41) is 0. The van der Waals surface area contributed by atoms with Crippen molar-refractivity contribution in [3.63, 3.8) is 0 Å². The first-order valence-corrected chi connectivity index (χ1v) is 32.6. The van der Waals surface area contributed by atoms with Crippen LogP contribution in [0.4, 0.5) is 45.5 Å². The van der Waals surface area contributed by atoms with Gasteiger partial charge in [-0.2, -0.15) is 0 Å². The van der Waals surface area contributed by atoms with Gasteiger partial charge in [0.05, 0.1) is 16.9 Å². The van der Waals surface area contributed by atoms with E-state index in [9.17, 15) is 0 Å². The van der Waals surface area contributed by atoms with Gasteiger partial charge in [-0.25, -0.2) is 0 Å². The minimum atomic E-state index is -0.394. The fraction of sp³-hybridized carbons (Fsp3) is 0.349. The molecule has 0 fully saturated rings. The van der Waals surface area contributed by atoms with Gasteiger partial charge >= 0.3 is 0 Å². The minimum Gasteiger partial charge on any atom is -0.330 e. The molecule has 0 N–H and O–H groups in total.